The Balaban J connectivity index is 2.54. The molecule has 112 valence electrons. The second kappa shape index (κ2) is 6.14. The minimum atomic E-state index is -0.531. The van der Waals surface area contributed by atoms with Gasteiger partial charge in [0, 0.05) is 19.3 Å². The number of aliphatic imine (C=N–C) groups is 1. The number of ether oxygens (including phenoxy) is 1. The van der Waals surface area contributed by atoms with Crippen LogP contribution in [0.1, 0.15) is 16.7 Å². The lowest BCUT2D eigenvalue weighted by Crippen LogP contribution is -2.22. The Kier molecular flexibility index (Phi) is 4.28. The fourth-order valence-corrected chi connectivity index (χ4v) is 2.02. The summed E-state index contributed by atoms with van der Waals surface area (Å²) in [6.45, 7) is 1.60. The predicted octanol–water partition coefficient (Wildman–Crippen LogP) is 2.03. The van der Waals surface area contributed by atoms with E-state index >= 15 is 0 Å². The van der Waals surface area contributed by atoms with Crippen LogP contribution in [0.5, 0.6) is 11.6 Å². The third-order valence-corrected chi connectivity index (χ3v) is 3.36. The maximum atomic E-state index is 11.9. The predicted molar refractivity (Wildman–Crippen MR) is 83.0 cm³/mol. The molecule has 2 rings (SSSR count). The zero-order chi connectivity index (χ0) is 16.3. The normalized spacial score (nSPS) is 10.6. The van der Waals surface area contributed by atoms with Gasteiger partial charge >= 0.3 is 0 Å². The molecule has 0 amide bonds. The summed E-state index contributed by atoms with van der Waals surface area (Å²) in [6.07, 6.45) is 1.43. The van der Waals surface area contributed by atoms with Crippen molar-refractivity contribution in [1.29, 1.82) is 5.26 Å². The first kappa shape index (κ1) is 15.3. The molecule has 2 aromatic rings. The Hall–Kier alpha value is -3.07. The van der Waals surface area contributed by atoms with Crippen LogP contribution in [0.15, 0.2) is 34.1 Å². The lowest BCUT2D eigenvalue weighted by Gasteiger charge is -2.09. The molecule has 0 radical (unpaired) electrons. The van der Waals surface area contributed by atoms with Crippen molar-refractivity contribution >= 4 is 11.9 Å². The van der Waals surface area contributed by atoms with Crippen LogP contribution < -0.4 is 10.3 Å². The van der Waals surface area contributed by atoms with Crippen LogP contribution in [0.2, 0.25) is 0 Å². The Labute approximate surface area is 127 Å². The highest BCUT2D eigenvalue weighted by molar-refractivity contribution is 5.87. The minimum Gasteiger partial charge on any atom is -0.497 e. The summed E-state index contributed by atoms with van der Waals surface area (Å²) in [7, 11) is 2.96. The standard InChI is InChI=1S/C16H15N3O3/c1-10-13(8-17)15(20)19(2)16(21)14(10)9-18-11-5-4-6-12(7-11)22-3/h4-7,9,21H,1-3H3. The maximum Gasteiger partial charge on any atom is 0.271 e. The first-order valence-electron chi connectivity index (χ1n) is 6.50. The SMILES string of the molecule is COc1cccc(N=Cc2c(C)c(C#N)c(=O)n(C)c2O)c1. The van der Waals surface area contributed by atoms with Gasteiger partial charge in [0.2, 0.25) is 5.88 Å². The van der Waals surface area contributed by atoms with Crippen LogP contribution >= 0.6 is 0 Å². The molecule has 0 aliphatic heterocycles. The molecule has 0 atom stereocenters. The highest BCUT2D eigenvalue weighted by Crippen LogP contribution is 2.22. The summed E-state index contributed by atoms with van der Waals surface area (Å²) in [5.41, 5.74) is 0.824. The second-order valence-electron chi connectivity index (χ2n) is 4.67. The monoisotopic (exact) mass is 297 g/mol. The molecule has 1 aromatic carbocycles. The Morgan fingerprint density at radius 3 is 2.82 bits per heavy atom. The van der Waals surface area contributed by atoms with E-state index in [0.717, 1.165) is 4.57 Å². The lowest BCUT2D eigenvalue weighted by atomic mass is 10.1. The average molecular weight is 297 g/mol. The fraction of sp³-hybridized carbons (Fsp3) is 0.188. The Morgan fingerprint density at radius 1 is 1.45 bits per heavy atom. The number of aromatic hydroxyl groups is 1. The molecule has 0 aliphatic carbocycles. The van der Waals surface area contributed by atoms with Gasteiger partial charge in [-0.3, -0.25) is 14.4 Å². The van der Waals surface area contributed by atoms with Crippen LogP contribution in [0, 0.1) is 18.3 Å². The quantitative estimate of drug-likeness (QED) is 0.878. The van der Waals surface area contributed by atoms with Crippen LogP contribution in [0.3, 0.4) is 0 Å². The zero-order valence-corrected chi connectivity index (χ0v) is 12.5. The first-order chi connectivity index (χ1) is 10.5. The molecule has 1 N–H and O–H groups in total. The van der Waals surface area contributed by atoms with Crippen LogP contribution in [0.25, 0.3) is 0 Å². The van der Waals surface area contributed by atoms with Gasteiger partial charge in [-0.25, -0.2) is 0 Å². The number of pyridine rings is 1. The van der Waals surface area contributed by atoms with E-state index in [0.29, 0.717) is 22.6 Å². The third-order valence-electron chi connectivity index (χ3n) is 3.36. The number of hydrogen-bond donors (Lipinski definition) is 1. The number of hydrogen-bond acceptors (Lipinski definition) is 5. The number of nitrogens with zero attached hydrogens (tertiary/aromatic N) is 3. The molecule has 1 aromatic heterocycles. The van der Waals surface area contributed by atoms with E-state index in [1.807, 2.05) is 6.07 Å². The summed E-state index contributed by atoms with van der Waals surface area (Å²) in [5, 5.41) is 19.2. The fourth-order valence-electron chi connectivity index (χ4n) is 2.02. The highest BCUT2D eigenvalue weighted by Gasteiger charge is 2.15. The van der Waals surface area contributed by atoms with Crippen molar-refractivity contribution in [1.82, 2.24) is 4.57 Å². The smallest absolute Gasteiger partial charge is 0.271 e. The van der Waals surface area contributed by atoms with Crippen molar-refractivity contribution in [2.75, 3.05) is 7.11 Å². The summed E-state index contributed by atoms with van der Waals surface area (Å²) in [5.74, 6) is 0.432. The van der Waals surface area contributed by atoms with Crippen molar-refractivity contribution in [3.8, 4) is 17.7 Å². The van der Waals surface area contributed by atoms with Crippen molar-refractivity contribution < 1.29 is 9.84 Å². The number of benzene rings is 1. The van der Waals surface area contributed by atoms with E-state index in [1.165, 1.54) is 13.3 Å². The van der Waals surface area contributed by atoms with Gasteiger partial charge in [-0.2, -0.15) is 5.26 Å². The van der Waals surface area contributed by atoms with Gasteiger partial charge in [-0.05, 0) is 24.6 Å². The Morgan fingerprint density at radius 2 is 2.18 bits per heavy atom. The minimum absolute atomic E-state index is 0.00704. The molecule has 1 heterocycles. The summed E-state index contributed by atoms with van der Waals surface area (Å²) >= 11 is 0. The first-order valence-corrected chi connectivity index (χ1v) is 6.50. The van der Waals surface area contributed by atoms with E-state index in [9.17, 15) is 9.90 Å². The lowest BCUT2D eigenvalue weighted by molar-refractivity contribution is 0.415. The van der Waals surface area contributed by atoms with Gasteiger partial charge < -0.3 is 9.84 Å². The molecule has 22 heavy (non-hydrogen) atoms. The molecule has 6 heteroatoms. The van der Waals surface area contributed by atoms with E-state index < -0.39 is 5.56 Å². The molecule has 0 saturated heterocycles. The average Bonchev–Trinajstić information content (AvgIpc) is 2.53. The third kappa shape index (κ3) is 2.69. The van der Waals surface area contributed by atoms with E-state index in [4.69, 9.17) is 10.00 Å². The zero-order valence-electron chi connectivity index (χ0n) is 12.5. The summed E-state index contributed by atoms with van der Waals surface area (Å²) in [6, 6.07) is 8.96. The van der Waals surface area contributed by atoms with Crippen LogP contribution in [-0.2, 0) is 7.05 Å². The van der Waals surface area contributed by atoms with Crippen molar-refractivity contribution in [2.45, 2.75) is 6.92 Å². The maximum absolute atomic E-state index is 11.9. The topological polar surface area (TPSA) is 87.6 Å². The second-order valence-corrected chi connectivity index (χ2v) is 4.67. The van der Waals surface area contributed by atoms with Crippen molar-refractivity contribution in [2.24, 2.45) is 12.0 Å². The van der Waals surface area contributed by atoms with Gasteiger partial charge in [0.25, 0.3) is 5.56 Å². The van der Waals surface area contributed by atoms with Gasteiger partial charge in [0.1, 0.15) is 17.4 Å². The summed E-state index contributed by atoms with van der Waals surface area (Å²) < 4.78 is 6.14. The van der Waals surface area contributed by atoms with Crippen molar-refractivity contribution in [3.63, 3.8) is 0 Å². The number of nitriles is 1. The number of methoxy groups -OCH3 is 1. The van der Waals surface area contributed by atoms with E-state index in [1.54, 1.807) is 38.3 Å². The molecule has 0 unspecified atom stereocenters. The number of rotatable bonds is 3. The van der Waals surface area contributed by atoms with E-state index in [2.05, 4.69) is 4.99 Å². The molecule has 0 fully saturated rings. The number of aromatic nitrogens is 1. The van der Waals surface area contributed by atoms with Gasteiger partial charge in [-0.15, -0.1) is 0 Å². The summed E-state index contributed by atoms with van der Waals surface area (Å²) in [4.78, 5) is 16.1. The highest BCUT2D eigenvalue weighted by atomic mass is 16.5. The Bertz CT molecular complexity index is 845. The molecular weight excluding hydrogens is 282 g/mol. The molecule has 6 nitrogen and oxygen atoms in total. The van der Waals surface area contributed by atoms with Crippen molar-refractivity contribution in [3.05, 3.63) is 51.3 Å². The molecule has 0 aliphatic rings. The molecule has 0 saturated carbocycles. The van der Waals surface area contributed by atoms with Crippen LogP contribution in [-0.4, -0.2) is 23.0 Å². The molecule has 0 spiro atoms. The largest absolute Gasteiger partial charge is 0.497 e. The van der Waals surface area contributed by atoms with Gasteiger partial charge in [0.15, 0.2) is 0 Å². The van der Waals surface area contributed by atoms with Gasteiger partial charge in [-0.1, -0.05) is 6.07 Å². The van der Waals surface area contributed by atoms with E-state index in [-0.39, 0.29) is 11.4 Å². The molecular formula is C16H15N3O3. The molecule has 0 bridgehead atoms. The van der Waals surface area contributed by atoms with Gasteiger partial charge in [0.05, 0.1) is 18.4 Å². The van der Waals surface area contributed by atoms with Crippen LogP contribution in [0.4, 0.5) is 5.69 Å².